The summed E-state index contributed by atoms with van der Waals surface area (Å²) >= 11 is 0. The number of ether oxygens (including phenoxy) is 1. The summed E-state index contributed by atoms with van der Waals surface area (Å²) in [6, 6.07) is 0.306. The molecule has 0 saturated heterocycles. The van der Waals surface area contributed by atoms with Gasteiger partial charge in [-0.3, -0.25) is 0 Å². The van der Waals surface area contributed by atoms with E-state index in [0.717, 1.165) is 37.3 Å². The Morgan fingerprint density at radius 2 is 1.66 bits per heavy atom. The van der Waals surface area contributed by atoms with Crippen molar-refractivity contribution >= 4 is 10.1 Å². The fourth-order valence-electron chi connectivity index (χ4n) is 6.05. The Kier molecular flexibility index (Phi) is 7.32. The second-order valence-electron chi connectivity index (χ2n) is 10.0. The van der Waals surface area contributed by atoms with E-state index in [1.807, 2.05) is 23.3 Å². The molecule has 6 rings (SSSR count). The average Bonchev–Trinajstić information content (AvgIpc) is 3.24. The molecule has 10 nitrogen and oxygen atoms in total. The molecule has 0 aliphatic heterocycles. The fourth-order valence-corrected chi connectivity index (χ4v) is 6.05. The van der Waals surface area contributed by atoms with Gasteiger partial charge in [0.2, 0.25) is 0 Å². The quantitative estimate of drug-likeness (QED) is 0.311. The van der Waals surface area contributed by atoms with Crippen molar-refractivity contribution in [2.45, 2.75) is 70.3 Å². The van der Waals surface area contributed by atoms with Crippen LogP contribution in [-0.2, 0) is 16.7 Å². The van der Waals surface area contributed by atoms with Crippen LogP contribution in [0, 0.1) is 23.2 Å². The van der Waals surface area contributed by atoms with Crippen LogP contribution in [0.15, 0.2) is 18.7 Å². The van der Waals surface area contributed by atoms with Gasteiger partial charge in [-0.1, -0.05) is 33.7 Å². The van der Waals surface area contributed by atoms with Crippen LogP contribution >= 0.6 is 0 Å². The first-order valence-electron chi connectivity index (χ1n) is 11.8. The lowest BCUT2D eigenvalue weighted by Crippen LogP contribution is -2.48. The molecule has 2 aromatic heterocycles. The summed E-state index contributed by atoms with van der Waals surface area (Å²) < 4.78 is 68.9. The molecule has 4 saturated carbocycles. The van der Waals surface area contributed by atoms with E-state index in [-0.39, 0.29) is 0 Å². The van der Waals surface area contributed by atoms with Gasteiger partial charge in [0.15, 0.2) is 10.1 Å². The molecule has 14 heteroatoms. The Bertz CT molecular complexity index is 1070. The van der Waals surface area contributed by atoms with E-state index in [2.05, 4.69) is 31.9 Å². The largest absolute Gasteiger partial charge is 0.741 e. The van der Waals surface area contributed by atoms with E-state index in [0.29, 0.717) is 17.4 Å². The zero-order valence-corrected chi connectivity index (χ0v) is 20.2. The molecular formula is C21H29F3N6O4S. The first-order valence-corrected chi connectivity index (χ1v) is 13.2. The highest BCUT2D eigenvalue weighted by atomic mass is 32.2. The van der Waals surface area contributed by atoms with Crippen molar-refractivity contribution in [3.8, 4) is 12.0 Å². The smallest absolute Gasteiger partial charge is 0.485 e. The van der Waals surface area contributed by atoms with E-state index >= 15 is 0 Å². The molecule has 4 fully saturated rings. The lowest BCUT2D eigenvalue weighted by molar-refractivity contribution is -0.696. The zero-order chi connectivity index (χ0) is 25.3. The highest BCUT2D eigenvalue weighted by Gasteiger charge is 2.51. The van der Waals surface area contributed by atoms with E-state index in [9.17, 15) is 13.2 Å². The SMILES string of the molecule is CCCC[n+]1ccn(-c2nnc(OCC34CC5CC(CC(C5)C3)C4)nn2)c1.O=S(=O)([O-])C(F)(F)F. The third-order valence-electron chi connectivity index (χ3n) is 7.10. The second kappa shape index (κ2) is 9.96. The summed E-state index contributed by atoms with van der Waals surface area (Å²) in [5, 5.41) is 16.8. The summed E-state index contributed by atoms with van der Waals surface area (Å²) in [5.41, 5.74) is -5.30. The molecular weight excluding hydrogens is 489 g/mol. The van der Waals surface area contributed by atoms with Crippen molar-refractivity contribution in [3.63, 3.8) is 0 Å². The topological polar surface area (TPSA) is 127 Å². The number of rotatable bonds is 7. The molecule has 4 aliphatic rings. The molecule has 0 radical (unpaired) electrons. The number of halogens is 3. The molecule has 0 amide bonds. The first-order chi connectivity index (χ1) is 16.5. The minimum absolute atomic E-state index is 0.306. The zero-order valence-electron chi connectivity index (χ0n) is 19.4. The van der Waals surface area contributed by atoms with Gasteiger partial charge in [0.25, 0.3) is 6.33 Å². The molecule has 0 aromatic carbocycles. The molecule has 0 N–H and O–H groups in total. The van der Waals surface area contributed by atoms with Crippen molar-refractivity contribution in [2.75, 3.05) is 6.61 Å². The van der Waals surface area contributed by atoms with Crippen LogP contribution in [0.2, 0.25) is 0 Å². The number of alkyl halides is 3. The Hall–Kier alpha value is -2.35. The van der Waals surface area contributed by atoms with Crippen molar-refractivity contribution in [1.82, 2.24) is 25.0 Å². The van der Waals surface area contributed by atoms with E-state index < -0.39 is 15.6 Å². The van der Waals surface area contributed by atoms with Gasteiger partial charge in [0.05, 0.1) is 13.2 Å². The summed E-state index contributed by atoms with van der Waals surface area (Å²) in [6.07, 6.45) is 16.6. The molecule has 2 aromatic rings. The summed E-state index contributed by atoms with van der Waals surface area (Å²) in [7, 11) is -6.09. The number of hydrogen-bond donors (Lipinski definition) is 0. The number of imidazole rings is 1. The van der Waals surface area contributed by atoms with Crippen molar-refractivity contribution in [2.24, 2.45) is 23.2 Å². The second-order valence-corrected chi connectivity index (χ2v) is 11.4. The van der Waals surface area contributed by atoms with Gasteiger partial charge in [-0.15, -0.1) is 0 Å². The number of aromatic nitrogens is 6. The fraction of sp³-hybridized carbons (Fsp3) is 0.762. The van der Waals surface area contributed by atoms with Crippen molar-refractivity contribution in [1.29, 1.82) is 0 Å². The van der Waals surface area contributed by atoms with Crippen LogP contribution in [0.25, 0.3) is 5.95 Å². The van der Waals surface area contributed by atoms with Gasteiger partial charge in [-0.05, 0) is 62.7 Å². The lowest BCUT2D eigenvalue weighted by Gasteiger charge is -2.56. The molecule has 0 atom stereocenters. The van der Waals surface area contributed by atoms with Gasteiger partial charge < -0.3 is 9.29 Å². The highest BCUT2D eigenvalue weighted by Crippen LogP contribution is 2.59. The summed E-state index contributed by atoms with van der Waals surface area (Å²) in [5.74, 6) is 3.25. The highest BCUT2D eigenvalue weighted by molar-refractivity contribution is 7.86. The molecule has 2 heterocycles. The predicted molar refractivity (Wildman–Crippen MR) is 114 cm³/mol. The van der Waals surface area contributed by atoms with Gasteiger partial charge in [-0.25, -0.2) is 13.0 Å². The lowest BCUT2D eigenvalue weighted by atomic mass is 9.50. The van der Waals surface area contributed by atoms with Crippen molar-refractivity contribution < 1.29 is 35.4 Å². The third kappa shape index (κ3) is 6.26. The van der Waals surface area contributed by atoms with E-state index in [4.69, 9.17) is 17.7 Å². The monoisotopic (exact) mass is 518 g/mol. The average molecular weight is 519 g/mol. The van der Waals surface area contributed by atoms with E-state index in [1.54, 1.807) is 0 Å². The number of nitrogens with zero attached hydrogens (tertiary/aromatic N) is 6. The Labute approximate surface area is 201 Å². The maximum absolute atomic E-state index is 10.7. The molecule has 35 heavy (non-hydrogen) atoms. The van der Waals surface area contributed by atoms with Gasteiger partial charge in [0.1, 0.15) is 12.4 Å². The minimum Gasteiger partial charge on any atom is -0.741 e. The van der Waals surface area contributed by atoms with Crippen LogP contribution in [0.1, 0.15) is 58.3 Å². The molecule has 0 spiro atoms. The number of unbranched alkanes of at least 4 members (excludes halogenated alkanes) is 1. The Balaban J connectivity index is 0.000000314. The molecule has 4 aliphatic carbocycles. The van der Waals surface area contributed by atoms with E-state index in [1.165, 1.54) is 44.9 Å². The predicted octanol–water partition coefficient (Wildman–Crippen LogP) is 2.79. The van der Waals surface area contributed by atoms with Crippen LogP contribution < -0.4 is 9.30 Å². The first kappa shape index (κ1) is 25.7. The van der Waals surface area contributed by atoms with Crippen LogP contribution in [0.3, 0.4) is 0 Å². The van der Waals surface area contributed by atoms with Gasteiger partial charge >= 0.3 is 17.5 Å². The molecule has 194 valence electrons. The third-order valence-corrected chi connectivity index (χ3v) is 7.67. The van der Waals surface area contributed by atoms with Crippen molar-refractivity contribution in [3.05, 3.63) is 18.7 Å². The van der Waals surface area contributed by atoms with Gasteiger partial charge in [-0.2, -0.15) is 17.7 Å². The molecule has 0 unspecified atom stereocenters. The maximum atomic E-state index is 10.7. The van der Waals surface area contributed by atoms with Crippen LogP contribution in [0.4, 0.5) is 13.2 Å². The standard InChI is InChI=1S/C20H29N6O.CHF3O3S/c1-2-3-4-25-5-6-26(14-25)18-21-23-19(24-22-18)27-13-20-10-15-7-16(11-20)9-17(8-15)12-20;2-1(3,4)8(5,6)7/h5-6,14-17H,2-4,7-13H2,1H3;(H,5,6,7)/q+1;/p-1. The minimum atomic E-state index is -6.09. The number of aryl methyl sites for hydroxylation is 1. The van der Waals surface area contributed by atoms with Crippen LogP contribution in [-0.4, -0.2) is 50.0 Å². The maximum Gasteiger partial charge on any atom is 0.485 e. The Morgan fingerprint density at radius 1 is 1.11 bits per heavy atom. The van der Waals surface area contributed by atoms with Gasteiger partial charge in [0, 0.05) is 5.41 Å². The Morgan fingerprint density at radius 3 is 2.14 bits per heavy atom. The summed E-state index contributed by atoms with van der Waals surface area (Å²) in [4.78, 5) is 0. The number of hydrogen-bond acceptors (Lipinski definition) is 8. The molecule has 4 bridgehead atoms. The normalized spacial score (nSPS) is 27.4. The van der Waals surface area contributed by atoms with Crippen LogP contribution in [0.5, 0.6) is 6.01 Å². The summed E-state index contributed by atoms with van der Waals surface area (Å²) in [6.45, 7) is 3.91.